The summed E-state index contributed by atoms with van der Waals surface area (Å²) in [6, 6.07) is 0. The van der Waals surface area contributed by atoms with E-state index in [2.05, 4.69) is 52.6 Å². The molecule has 0 rings (SSSR count). The van der Waals surface area contributed by atoms with Crippen LogP contribution in [0.15, 0.2) is 11.6 Å². The van der Waals surface area contributed by atoms with Crippen LogP contribution in [0.4, 0.5) is 0 Å². The molecule has 0 spiro atoms. The number of rotatable bonds is 5. The molecule has 0 saturated carbocycles. The lowest BCUT2D eigenvalue weighted by Crippen LogP contribution is -2.29. The summed E-state index contributed by atoms with van der Waals surface area (Å²) in [6.07, 6.45) is 1.23. The lowest BCUT2D eigenvalue weighted by Gasteiger charge is -2.23. The van der Waals surface area contributed by atoms with Gasteiger partial charge in [0.2, 0.25) is 5.78 Å². The van der Waals surface area contributed by atoms with E-state index in [0.29, 0.717) is 6.21 Å². The minimum Gasteiger partial charge on any atom is -0.454 e. The van der Waals surface area contributed by atoms with E-state index in [0.717, 1.165) is 5.57 Å². The van der Waals surface area contributed by atoms with Gasteiger partial charge in [0.25, 0.3) is 0 Å². The zero-order chi connectivity index (χ0) is 14.3. The van der Waals surface area contributed by atoms with Crippen molar-refractivity contribution in [3.05, 3.63) is 17.2 Å². The van der Waals surface area contributed by atoms with Gasteiger partial charge in [-0.15, -0.1) is 0 Å². The van der Waals surface area contributed by atoms with Gasteiger partial charge in [0, 0.05) is 0 Å². The van der Waals surface area contributed by atoms with Crippen molar-refractivity contribution in [3.63, 3.8) is 0 Å². The Kier molecular flexibility index (Phi) is 7.86. The number of carbonyl (C=O) groups is 2. The maximum Gasteiger partial charge on any atom is 0.323 e. The molecule has 0 aliphatic carbocycles. The number of ether oxygens (including phenoxy) is 1. The molecule has 1 atom stereocenters. The first kappa shape index (κ1) is 17.7. The van der Waals surface area contributed by atoms with Crippen LogP contribution in [0.2, 0.25) is 0 Å². The van der Waals surface area contributed by atoms with Crippen LogP contribution in [0.1, 0.15) is 20.3 Å². The minimum absolute atomic E-state index is 0.486. The van der Waals surface area contributed by atoms with E-state index in [4.69, 9.17) is 10.3 Å². The molecule has 0 aromatic heterocycles. The van der Waals surface area contributed by atoms with Gasteiger partial charge in [-0.2, -0.15) is 4.79 Å². The van der Waals surface area contributed by atoms with Crippen LogP contribution in [0, 0.1) is 0 Å². The fourth-order valence-electron chi connectivity index (χ4n) is 0.934. The third-order valence-electron chi connectivity index (χ3n) is 1.59. The largest absolute Gasteiger partial charge is 0.454 e. The van der Waals surface area contributed by atoms with Gasteiger partial charge in [0.15, 0.2) is 8.25 Å². The van der Waals surface area contributed by atoms with Crippen molar-refractivity contribution < 1.29 is 19.1 Å². The number of Topliss-reactive ketones (excluding diaryl/α,β-unsaturated/α-hetero) is 1. The number of halogens is 3. The Labute approximate surface area is 130 Å². The summed E-state index contributed by atoms with van der Waals surface area (Å²) in [6.45, 7) is 3.70. The molecule has 5 nitrogen and oxygen atoms in total. The summed E-state index contributed by atoms with van der Waals surface area (Å²) >= 11 is 9.78. The van der Waals surface area contributed by atoms with Crippen LogP contribution >= 0.6 is 47.8 Å². The van der Waals surface area contributed by atoms with Gasteiger partial charge < -0.3 is 10.3 Å². The topological polar surface area (TPSA) is 79.8 Å². The van der Waals surface area contributed by atoms with E-state index in [1.165, 1.54) is 0 Å². The molecule has 0 amide bonds. The van der Waals surface area contributed by atoms with Gasteiger partial charge in [-0.3, -0.25) is 9.59 Å². The number of esters is 1. The summed E-state index contributed by atoms with van der Waals surface area (Å²) < 4.78 is 4.31. The van der Waals surface area contributed by atoms with Crippen molar-refractivity contribution in [2.75, 3.05) is 0 Å². The lowest BCUT2D eigenvalue weighted by molar-refractivity contribution is -0.148. The highest BCUT2D eigenvalue weighted by Gasteiger charge is 2.32. The molecule has 0 saturated heterocycles. The first-order chi connectivity index (χ1) is 8.16. The van der Waals surface area contributed by atoms with Crippen molar-refractivity contribution in [2.24, 2.45) is 0 Å². The first-order valence-electron chi connectivity index (χ1n) is 4.78. The van der Waals surface area contributed by atoms with Gasteiger partial charge in [-0.05, 0) is 19.9 Å². The second-order valence-electron chi connectivity index (χ2n) is 3.58. The summed E-state index contributed by atoms with van der Waals surface area (Å²) in [5, 5.41) is 0. The summed E-state index contributed by atoms with van der Waals surface area (Å²) in [5.41, 5.74) is 9.09. The maximum atomic E-state index is 11.5. The van der Waals surface area contributed by atoms with E-state index in [9.17, 15) is 9.59 Å². The van der Waals surface area contributed by atoms with Crippen molar-refractivity contribution in [1.29, 1.82) is 0 Å². The first-order valence-corrected chi connectivity index (χ1v) is 7.16. The van der Waals surface area contributed by atoms with E-state index in [-0.39, 0.29) is 0 Å². The maximum absolute atomic E-state index is 11.5. The molecule has 0 aromatic carbocycles. The van der Waals surface area contributed by atoms with Crippen LogP contribution < -0.4 is 0 Å². The number of ketones is 1. The van der Waals surface area contributed by atoms with E-state index < -0.39 is 26.4 Å². The van der Waals surface area contributed by atoms with Gasteiger partial charge >= 0.3 is 12.2 Å². The van der Waals surface area contributed by atoms with Crippen molar-refractivity contribution in [2.45, 2.75) is 28.5 Å². The van der Waals surface area contributed by atoms with Crippen LogP contribution in [-0.4, -0.2) is 31.0 Å². The zero-order valence-corrected chi connectivity index (χ0v) is 14.5. The van der Waals surface area contributed by atoms with Crippen molar-refractivity contribution in [1.82, 2.24) is 0 Å². The van der Waals surface area contributed by atoms with Crippen molar-refractivity contribution >= 4 is 65.8 Å². The molecule has 0 N–H and O–H groups in total. The second kappa shape index (κ2) is 7.99. The quantitative estimate of drug-likeness (QED) is 0.124. The highest BCUT2D eigenvalue weighted by Crippen LogP contribution is 2.39. The molecule has 0 heterocycles. The summed E-state index contributed by atoms with van der Waals surface area (Å²) in [7, 11) is 0. The molecule has 0 radical (unpaired) electrons. The third kappa shape index (κ3) is 7.92. The molecule has 0 aliphatic heterocycles. The third-order valence-corrected chi connectivity index (χ3v) is 2.94. The highest BCUT2D eigenvalue weighted by molar-refractivity contribution is 9.39. The average molecular weight is 447 g/mol. The Morgan fingerprint density at radius 3 is 2.33 bits per heavy atom. The van der Waals surface area contributed by atoms with E-state index in [1.807, 2.05) is 13.8 Å². The van der Waals surface area contributed by atoms with Crippen LogP contribution in [0.3, 0.4) is 0 Å². The Hall–Kier alpha value is -0.300. The zero-order valence-electron chi connectivity index (χ0n) is 9.69. The summed E-state index contributed by atoms with van der Waals surface area (Å²) in [5.74, 6) is -1.35. The Bertz CT molecular complexity index is 405. The van der Waals surface area contributed by atoms with E-state index in [1.54, 1.807) is 6.08 Å². The molecule has 100 valence electrons. The van der Waals surface area contributed by atoms with E-state index >= 15 is 0 Å². The number of allylic oxidation sites excluding steroid dienone is 1. The molecule has 1 unspecified atom stereocenters. The van der Waals surface area contributed by atoms with Crippen molar-refractivity contribution in [3.8, 4) is 0 Å². The lowest BCUT2D eigenvalue weighted by atomic mass is 10.2. The van der Waals surface area contributed by atoms with Gasteiger partial charge in [-0.1, -0.05) is 53.4 Å². The smallest absolute Gasteiger partial charge is 0.323 e. The Balaban J connectivity index is 4.70. The van der Waals surface area contributed by atoms with Gasteiger partial charge in [0.1, 0.15) is 6.42 Å². The molecule has 0 fully saturated rings. The van der Waals surface area contributed by atoms with Gasteiger partial charge in [-0.25, -0.2) is 0 Å². The van der Waals surface area contributed by atoms with Crippen LogP contribution in [0.25, 0.3) is 5.53 Å². The monoisotopic (exact) mass is 444 g/mol. The fourth-order valence-corrected chi connectivity index (χ4v) is 1.61. The standard InChI is InChI=1S/C10H11Br3N2O3/c1-6(2)3-8(10(11,12)13)18-9(17)4-7(16)5-15-14/h3,5,8H,4H2,1-2H3. The second-order valence-corrected chi connectivity index (χ2v) is 10.5. The Morgan fingerprint density at radius 1 is 1.39 bits per heavy atom. The molecule has 0 aromatic rings. The predicted octanol–water partition coefficient (Wildman–Crippen LogP) is 2.96. The normalized spacial score (nSPS) is 12.1. The number of hydrogen-bond donors (Lipinski definition) is 0. The highest BCUT2D eigenvalue weighted by atomic mass is 80.0. The SMILES string of the molecule is CC(C)=CC(OC(=O)CC(=O)C=[N+]=[N-])C(Br)(Br)Br. The average Bonchev–Trinajstić information content (AvgIpc) is 2.14. The number of carbonyl (C=O) groups excluding carboxylic acids is 2. The fraction of sp³-hybridized carbons (Fsp3) is 0.500. The predicted molar refractivity (Wildman–Crippen MR) is 78.1 cm³/mol. The molecule has 0 aliphatic rings. The molecule has 18 heavy (non-hydrogen) atoms. The van der Waals surface area contributed by atoms with Crippen LogP contribution in [-0.2, 0) is 14.3 Å². The number of alkyl halides is 3. The number of nitrogens with zero attached hydrogens (tertiary/aromatic N) is 2. The molecule has 8 heteroatoms. The molecular formula is C10H11Br3N2O3. The minimum atomic E-state index is -0.811. The Morgan fingerprint density at radius 2 is 1.94 bits per heavy atom. The van der Waals surface area contributed by atoms with Crippen LogP contribution in [0.5, 0.6) is 0 Å². The van der Waals surface area contributed by atoms with Gasteiger partial charge in [0.05, 0.1) is 0 Å². The summed E-state index contributed by atoms with van der Waals surface area (Å²) in [4.78, 5) is 25.1. The number of hydrogen-bond acceptors (Lipinski definition) is 3. The molecule has 0 bridgehead atoms. The molecular weight excluding hydrogens is 436 g/mol.